The van der Waals surface area contributed by atoms with E-state index in [1.165, 1.54) is 19.3 Å². The zero-order valence-corrected chi connectivity index (χ0v) is 12.2. The van der Waals surface area contributed by atoms with Crippen molar-refractivity contribution in [2.45, 2.75) is 45.1 Å². The number of anilines is 1. The van der Waals surface area contributed by atoms with Crippen LogP contribution in [0.4, 0.5) is 5.69 Å². The number of amidine groups is 1. The molecule has 0 bridgehead atoms. The van der Waals surface area contributed by atoms with E-state index in [9.17, 15) is 5.11 Å². The van der Waals surface area contributed by atoms with Crippen molar-refractivity contribution in [2.75, 3.05) is 18.1 Å². The van der Waals surface area contributed by atoms with Crippen molar-refractivity contribution in [3.63, 3.8) is 0 Å². The first kappa shape index (κ1) is 14.9. The molecule has 1 saturated carbocycles. The van der Waals surface area contributed by atoms with Crippen molar-refractivity contribution in [3.05, 3.63) is 29.3 Å². The second kappa shape index (κ2) is 6.75. The molecular weight excluding hydrogens is 250 g/mol. The number of aliphatic hydroxyl groups is 1. The number of nitrogens with two attached hydrogens (primary N) is 1. The highest BCUT2D eigenvalue weighted by Crippen LogP contribution is 2.30. The highest BCUT2D eigenvalue weighted by Gasteiger charge is 2.23. The van der Waals surface area contributed by atoms with E-state index in [4.69, 9.17) is 11.1 Å². The van der Waals surface area contributed by atoms with E-state index in [2.05, 4.69) is 11.0 Å². The number of hydrogen-bond donors (Lipinski definition) is 3. The SMILES string of the molecule is Cc1ccc(C(=N)N)c(N(CCO)C2CCCCC2)c1. The van der Waals surface area contributed by atoms with E-state index in [1.807, 2.05) is 19.1 Å². The third-order valence-electron chi connectivity index (χ3n) is 4.11. The first-order chi connectivity index (χ1) is 9.63. The van der Waals surface area contributed by atoms with Crippen LogP contribution >= 0.6 is 0 Å². The largest absolute Gasteiger partial charge is 0.395 e. The fourth-order valence-corrected chi connectivity index (χ4v) is 3.11. The molecule has 4 N–H and O–H groups in total. The summed E-state index contributed by atoms with van der Waals surface area (Å²) >= 11 is 0. The topological polar surface area (TPSA) is 73.3 Å². The van der Waals surface area contributed by atoms with Crippen LogP contribution in [0.25, 0.3) is 0 Å². The number of hydrogen-bond acceptors (Lipinski definition) is 3. The molecule has 1 fully saturated rings. The van der Waals surface area contributed by atoms with Crippen LogP contribution in [0.1, 0.15) is 43.2 Å². The molecule has 0 amide bonds. The minimum absolute atomic E-state index is 0.0961. The quantitative estimate of drug-likeness (QED) is 0.570. The fourth-order valence-electron chi connectivity index (χ4n) is 3.11. The Bertz CT molecular complexity index is 467. The van der Waals surface area contributed by atoms with Gasteiger partial charge < -0.3 is 15.7 Å². The molecule has 0 aliphatic heterocycles. The van der Waals surface area contributed by atoms with E-state index in [0.717, 1.165) is 29.7 Å². The van der Waals surface area contributed by atoms with Gasteiger partial charge >= 0.3 is 0 Å². The molecule has 0 aromatic heterocycles. The van der Waals surface area contributed by atoms with Gasteiger partial charge in [-0.2, -0.15) is 0 Å². The number of nitrogens with zero attached hydrogens (tertiary/aromatic N) is 1. The lowest BCUT2D eigenvalue weighted by Gasteiger charge is -2.37. The highest BCUT2D eigenvalue weighted by molar-refractivity contribution is 6.00. The third kappa shape index (κ3) is 3.31. The van der Waals surface area contributed by atoms with E-state index in [0.29, 0.717) is 12.6 Å². The molecule has 0 saturated heterocycles. The number of nitrogens with one attached hydrogen (secondary N) is 1. The van der Waals surface area contributed by atoms with Gasteiger partial charge in [0.1, 0.15) is 5.84 Å². The molecular formula is C16H25N3O. The average Bonchev–Trinajstić information content (AvgIpc) is 2.45. The Hall–Kier alpha value is -1.55. The second-order valence-corrected chi connectivity index (χ2v) is 5.64. The zero-order chi connectivity index (χ0) is 14.5. The van der Waals surface area contributed by atoms with E-state index in [1.54, 1.807) is 0 Å². The summed E-state index contributed by atoms with van der Waals surface area (Å²) in [4.78, 5) is 2.25. The standard InChI is InChI=1S/C16H25N3O/c1-12-7-8-14(16(17)18)15(11-12)19(9-10-20)13-5-3-2-4-6-13/h7-8,11,13,20H,2-6,9-10H2,1H3,(H3,17,18). The van der Waals surface area contributed by atoms with Crippen LogP contribution in [0, 0.1) is 12.3 Å². The molecule has 1 aromatic carbocycles. The molecule has 0 radical (unpaired) electrons. The minimum atomic E-state index is 0.0961. The summed E-state index contributed by atoms with van der Waals surface area (Å²) in [5.41, 5.74) is 8.65. The van der Waals surface area contributed by atoms with Gasteiger partial charge in [0, 0.05) is 23.8 Å². The van der Waals surface area contributed by atoms with Gasteiger partial charge in [-0.15, -0.1) is 0 Å². The minimum Gasteiger partial charge on any atom is -0.395 e. The fraction of sp³-hybridized carbons (Fsp3) is 0.562. The Morgan fingerprint density at radius 2 is 2.05 bits per heavy atom. The molecule has 0 atom stereocenters. The predicted octanol–water partition coefficient (Wildman–Crippen LogP) is 2.41. The maximum atomic E-state index is 9.40. The molecule has 20 heavy (non-hydrogen) atoms. The predicted molar refractivity (Wildman–Crippen MR) is 83.5 cm³/mol. The van der Waals surface area contributed by atoms with Crippen LogP contribution in [-0.4, -0.2) is 30.1 Å². The molecule has 4 heteroatoms. The molecule has 110 valence electrons. The molecule has 0 spiro atoms. The smallest absolute Gasteiger partial charge is 0.124 e. The van der Waals surface area contributed by atoms with E-state index < -0.39 is 0 Å². The highest BCUT2D eigenvalue weighted by atomic mass is 16.3. The van der Waals surface area contributed by atoms with Gasteiger partial charge in [-0.1, -0.05) is 25.3 Å². The first-order valence-electron chi connectivity index (χ1n) is 7.46. The Morgan fingerprint density at radius 3 is 2.65 bits per heavy atom. The van der Waals surface area contributed by atoms with Crippen molar-refractivity contribution in [1.82, 2.24) is 0 Å². The van der Waals surface area contributed by atoms with Crippen molar-refractivity contribution < 1.29 is 5.11 Å². The monoisotopic (exact) mass is 275 g/mol. The lowest BCUT2D eigenvalue weighted by Crippen LogP contribution is -2.40. The summed E-state index contributed by atoms with van der Waals surface area (Å²) in [5.74, 6) is 0.0961. The van der Waals surface area contributed by atoms with Gasteiger partial charge in [-0.05, 0) is 37.5 Å². The van der Waals surface area contributed by atoms with E-state index >= 15 is 0 Å². The summed E-state index contributed by atoms with van der Waals surface area (Å²) in [5, 5.41) is 17.2. The summed E-state index contributed by atoms with van der Waals surface area (Å²) in [6.07, 6.45) is 6.11. The van der Waals surface area contributed by atoms with Crippen LogP contribution < -0.4 is 10.6 Å². The maximum Gasteiger partial charge on any atom is 0.124 e. The summed E-state index contributed by atoms with van der Waals surface area (Å²) in [7, 11) is 0. The number of aryl methyl sites for hydroxylation is 1. The Kier molecular flexibility index (Phi) is 5.01. The molecule has 4 nitrogen and oxygen atoms in total. The Balaban J connectivity index is 2.36. The summed E-state index contributed by atoms with van der Waals surface area (Å²) < 4.78 is 0. The molecule has 1 aliphatic rings. The lowest BCUT2D eigenvalue weighted by molar-refractivity contribution is 0.290. The number of nitrogen functional groups attached to an aromatic ring is 1. The average molecular weight is 275 g/mol. The van der Waals surface area contributed by atoms with E-state index in [-0.39, 0.29) is 12.4 Å². The van der Waals surface area contributed by atoms with Crippen LogP contribution in [0.3, 0.4) is 0 Å². The number of aliphatic hydroxyl groups excluding tert-OH is 1. The molecule has 0 unspecified atom stereocenters. The van der Waals surface area contributed by atoms with Gasteiger partial charge in [0.15, 0.2) is 0 Å². The Labute approximate surface area is 121 Å². The van der Waals surface area contributed by atoms with Gasteiger partial charge in [0.2, 0.25) is 0 Å². The summed E-state index contributed by atoms with van der Waals surface area (Å²) in [6.45, 7) is 2.78. The third-order valence-corrected chi connectivity index (χ3v) is 4.11. The maximum absolute atomic E-state index is 9.40. The van der Waals surface area contributed by atoms with Crippen molar-refractivity contribution >= 4 is 11.5 Å². The van der Waals surface area contributed by atoms with Crippen LogP contribution in [0.5, 0.6) is 0 Å². The lowest BCUT2D eigenvalue weighted by atomic mass is 9.93. The zero-order valence-electron chi connectivity index (χ0n) is 12.2. The Morgan fingerprint density at radius 1 is 1.35 bits per heavy atom. The second-order valence-electron chi connectivity index (χ2n) is 5.64. The van der Waals surface area contributed by atoms with Gasteiger partial charge in [0.05, 0.1) is 6.61 Å². The molecule has 0 heterocycles. The van der Waals surface area contributed by atoms with Gasteiger partial charge in [-0.25, -0.2) is 0 Å². The van der Waals surface area contributed by atoms with Crippen LogP contribution in [-0.2, 0) is 0 Å². The van der Waals surface area contributed by atoms with Gasteiger partial charge in [0.25, 0.3) is 0 Å². The molecule has 2 rings (SSSR count). The van der Waals surface area contributed by atoms with Crippen LogP contribution in [0.15, 0.2) is 18.2 Å². The first-order valence-corrected chi connectivity index (χ1v) is 7.46. The number of benzene rings is 1. The van der Waals surface area contributed by atoms with Crippen molar-refractivity contribution in [2.24, 2.45) is 5.73 Å². The molecule has 1 aliphatic carbocycles. The molecule has 1 aromatic rings. The van der Waals surface area contributed by atoms with Crippen molar-refractivity contribution in [3.8, 4) is 0 Å². The normalized spacial score (nSPS) is 16.1. The van der Waals surface area contributed by atoms with Gasteiger partial charge in [-0.3, -0.25) is 5.41 Å². The summed E-state index contributed by atoms with van der Waals surface area (Å²) in [6, 6.07) is 6.44. The number of rotatable bonds is 5. The van der Waals surface area contributed by atoms with Crippen LogP contribution in [0.2, 0.25) is 0 Å². The van der Waals surface area contributed by atoms with Crippen molar-refractivity contribution in [1.29, 1.82) is 5.41 Å².